The van der Waals surface area contributed by atoms with Gasteiger partial charge in [-0.15, -0.1) is 0 Å². The SMILES string of the molecule is C/C1=C2N=C(/C=C3\N/C(=C(/C)C4=N[C@@](C)([C@@H]5N=C1[C@](C)(CCC(=O)NC[C@@H](C)OP(=O)(O)O[C@H]1[C@@H](O)[C@@H](n6cnc7cc(C)c(C)cc76)O[C@@H]1COC(=O)c1ncc[nH]1)[C@H]5CC(N)=O)[C@@](C)(CC(N)=O)[C@@H]4CCC(N)=O)[C@@](C)(CC(N)=O)[C@@H]3CCC(N)=O)C(C)(C)[C@@H]/2CCC(N)=O. The molecule has 2 fully saturated rings. The number of carbonyl (C=O) groups is 8. The molecule has 3 aromatic rings. The van der Waals surface area contributed by atoms with Crippen LogP contribution in [0, 0.1) is 59.2 Å². The number of nitrogens with two attached hydrogens (primary N) is 6. The third-order valence-corrected chi connectivity index (χ3v) is 22.6. The van der Waals surface area contributed by atoms with E-state index in [-0.39, 0.29) is 83.0 Å². The Morgan fingerprint density at radius 3 is 2.03 bits per heavy atom. The number of hydrogen-bond acceptors (Lipinski definition) is 20. The summed E-state index contributed by atoms with van der Waals surface area (Å²) in [6.07, 6.45) is -2.12. The summed E-state index contributed by atoms with van der Waals surface area (Å²) in [6.45, 7) is 19.3. The predicted molar refractivity (Wildman–Crippen MR) is 355 cm³/mol. The fourth-order valence-corrected chi connectivity index (χ4v) is 17.2. The van der Waals surface area contributed by atoms with Gasteiger partial charge < -0.3 is 74.1 Å². The molecule has 15 atom stereocenters. The number of aromatic amines is 1. The van der Waals surface area contributed by atoms with E-state index in [0.29, 0.717) is 56.4 Å². The van der Waals surface area contributed by atoms with Crippen molar-refractivity contribution in [3.8, 4) is 0 Å². The molecule has 30 nitrogen and oxygen atoms in total. The second-order valence-corrected chi connectivity index (χ2v) is 29.8. The maximum absolute atomic E-state index is 14.5. The number of phosphoric ester groups is 1. The van der Waals surface area contributed by atoms with Crippen LogP contribution < -0.4 is 45.0 Å². The van der Waals surface area contributed by atoms with Crippen molar-refractivity contribution in [3.63, 3.8) is 0 Å². The lowest BCUT2D eigenvalue weighted by molar-refractivity contribution is -0.124. The molecule has 1 aromatic carbocycles. The summed E-state index contributed by atoms with van der Waals surface area (Å²) in [4.78, 5) is 146. The monoisotopic (exact) mass is 1370 g/mol. The highest BCUT2D eigenvalue weighted by Crippen LogP contribution is 2.63. The summed E-state index contributed by atoms with van der Waals surface area (Å²) in [6, 6.07) is 2.64. The van der Waals surface area contributed by atoms with Gasteiger partial charge in [0.05, 0.1) is 35.0 Å². The van der Waals surface area contributed by atoms with Gasteiger partial charge in [0.25, 0.3) is 0 Å². The molecule has 2 saturated heterocycles. The fourth-order valence-electron chi connectivity index (χ4n) is 16.0. The summed E-state index contributed by atoms with van der Waals surface area (Å²) >= 11 is 0. The van der Waals surface area contributed by atoms with Crippen molar-refractivity contribution in [2.75, 3.05) is 13.2 Å². The maximum atomic E-state index is 14.5. The van der Waals surface area contributed by atoms with Gasteiger partial charge in [0.1, 0.15) is 24.9 Å². The molecule has 17 N–H and O–H groups in total. The Morgan fingerprint density at radius 1 is 0.794 bits per heavy atom. The first-order valence-electron chi connectivity index (χ1n) is 32.5. The molecule has 0 spiro atoms. The van der Waals surface area contributed by atoms with Crippen LogP contribution in [0.15, 0.2) is 80.1 Å². The second kappa shape index (κ2) is 27.6. The van der Waals surface area contributed by atoms with E-state index >= 15 is 0 Å². The number of nitrogens with one attached hydrogen (secondary N) is 3. The lowest BCUT2D eigenvalue weighted by atomic mass is 9.55. The number of carbonyl (C=O) groups excluding carboxylic acids is 8. The molecule has 7 amide bonds. The molecular weight excluding hydrogens is 1270 g/mol. The molecule has 97 heavy (non-hydrogen) atoms. The number of H-pyrrole nitrogens is 1. The van der Waals surface area contributed by atoms with Gasteiger partial charge in [-0.25, -0.2) is 19.3 Å². The van der Waals surface area contributed by atoms with Gasteiger partial charge >= 0.3 is 13.8 Å². The largest absolute Gasteiger partial charge is 0.472 e. The number of aryl methyl sites for hydroxylation is 2. The first kappa shape index (κ1) is 73.0. The molecule has 31 heteroatoms. The minimum atomic E-state index is -5.20. The number of aliphatic imine (C=N–C) groups is 3. The third kappa shape index (κ3) is 14.2. The van der Waals surface area contributed by atoms with Crippen molar-refractivity contribution in [2.45, 2.75) is 189 Å². The number of imidazole rings is 2. The molecule has 8 heterocycles. The average Bonchev–Trinajstić information content (AvgIpc) is 1.53. The topological polar surface area (TPSA) is 495 Å². The summed E-state index contributed by atoms with van der Waals surface area (Å²) in [5.74, 6) is -8.34. The highest BCUT2D eigenvalue weighted by Gasteiger charge is 2.66. The Labute approximate surface area is 561 Å². The number of aromatic nitrogens is 4. The average molecular weight is 1370 g/mol. The zero-order chi connectivity index (χ0) is 71.4. The van der Waals surface area contributed by atoms with Gasteiger partial charge in [0.15, 0.2) is 6.23 Å². The Bertz CT molecular complexity index is 3950. The number of rotatable bonds is 28. The van der Waals surface area contributed by atoms with E-state index in [1.807, 2.05) is 87.4 Å². The number of nitrogens with zero attached hydrogens (tertiary/aromatic N) is 6. The number of allylic oxidation sites excluding steroid dienone is 6. The Kier molecular flexibility index (Phi) is 20.7. The summed E-state index contributed by atoms with van der Waals surface area (Å²) in [5, 5.41) is 18.3. The van der Waals surface area contributed by atoms with Crippen molar-refractivity contribution >= 4 is 83.3 Å². The molecule has 2 aromatic heterocycles. The molecule has 0 saturated carbocycles. The highest BCUT2D eigenvalue weighted by atomic mass is 31.2. The van der Waals surface area contributed by atoms with Gasteiger partial charge in [-0.2, -0.15) is 0 Å². The van der Waals surface area contributed by atoms with Crippen LogP contribution >= 0.6 is 7.82 Å². The summed E-state index contributed by atoms with van der Waals surface area (Å²) in [7, 11) is -5.20. The first-order chi connectivity index (χ1) is 45.3. The van der Waals surface area contributed by atoms with Crippen LogP contribution in [0.1, 0.15) is 161 Å². The van der Waals surface area contributed by atoms with Crippen LogP contribution in [0.4, 0.5) is 0 Å². The van der Waals surface area contributed by atoms with E-state index in [4.69, 9.17) is 67.9 Å². The quantitative estimate of drug-likeness (QED) is 0.0364. The van der Waals surface area contributed by atoms with E-state index in [9.17, 15) is 52.9 Å². The van der Waals surface area contributed by atoms with Gasteiger partial charge in [-0.3, -0.25) is 57.6 Å². The van der Waals surface area contributed by atoms with Crippen LogP contribution in [-0.4, -0.2) is 143 Å². The zero-order valence-electron chi connectivity index (χ0n) is 56.7. The van der Waals surface area contributed by atoms with E-state index in [2.05, 4.69) is 25.6 Å². The van der Waals surface area contributed by atoms with E-state index in [1.54, 1.807) is 0 Å². The van der Waals surface area contributed by atoms with Crippen molar-refractivity contribution in [3.05, 3.63) is 82.1 Å². The minimum absolute atomic E-state index is 0.0359. The smallest absolute Gasteiger partial charge is 0.457 e. The van der Waals surface area contributed by atoms with Crippen molar-refractivity contribution in [1.29, 1.82) is 0 Å². The predicted octanol–water partition coefficient (Wildman–Crippen LogP) is 3.75. The first-order valence-corrected chi connectivity index (χ1v) is 34.0. The minimum Gasteiger partial charge on any atom is -0.457 e. The van der Waals surface area contributed by atoms with Crippen LogP contribution in [0.2, 0.25) is 0 Å². The summed E-state index contributed by atoms with van der Waals surface area (Å²) in [5.41, 5.74) is 37.1. The van der Waals surface area contributed by atoms with Crippen LogP contribution in [0.5, 0.6) is 0 Å². The van der Waals surface area contributed by atoms with Crippen LogP contribution in [0.3, 0.4) is 0 Å². The lowest BCUT2D eigenvalue weighted by Crippen LogP contribution is -2.56. The molecule has 0 aliphatic carbocycles. The lowest BCUT2D eigenvalue weighted by Gasteiger charge is -2.48. The van der Waals surface area contributed by atoms with Gasteiger partial charge in [0, 0.05) is 143 Å². The molecule has 6 aliphatic heterocycles. The Morgan fingerprint density at radius 2 is 1.42 bits per heavy atom. The number of hydrogen-bond donors (Lipinski definition) is 11. The number of primary amides is 6. The maximum Gasteiger partial charge on any atom is 0.472 e. The van der Waals surface area contributed by atoms with Crippen molar-refractivity contribution in [2.24, 2.45) is 94.7 Å². The van der Waals surface area contributed by atoms with Crippen molar-refractivity contribution < 1.29 is 71.4 Å². The van der Waals surface area contributed by atoms with Crippen molar-refractivity contribution in [1.82, 2.24) is 30.2 Å². The van der Waals surface area contributed by atoms with E-state index in [0.717, 1.165) is 11.1 Å². The number of fused-ring (bicyclic) bond motifs is 7. The second-order valence-electron chi connectivity index (χ2n) is 28.4. The van der Waals surface area contributed by atoms with Crippen LogP contribution in [0.25, 0.3) is 11.0 Å². The Balaban J connectivity index is 1.08. The normalized spacial score (nSPS) is 32.5. The number of phosphoric acid groups is 1. The number of ether oxygens (including phenoxy) is 2. The molecular formula is C66H92N15O15P. The molecule has 0 radical (unpaired) electrons. The number of benzene rings is 1. The highest BCUT2D eigenvalue weighted by molar-refractivity contribution is 7.47. The molecule has 8 bridgehead atoms. The number of amides is 7. The van der Waals surface area contributed by atoms with Gasteiger partial charge in [-0.05, 0) is 108 Å². The zero-order valence-corrected chi connectivity index (χ0v) is 57.6. The fraction of sp³-hybridized carbons (Fsp3) is 0.591. The number of esters is 1. The molecule has 526 valence electrons. The Hall–Kier alpha value is -8.28. The van der Waals surface area contributed by atoms with Gasteiger partial charge in [-0.1, -0.05) is 34.6 Å². The third-order valence-electron chi connectivity index (χ3n) is 21.5. The molecule has 1 unspecified atom stereocenters. The van der Waals surface area contributed by atoms with Gasteiger partial charge in [0.2, 0.25) is 47.2 Å². The summed E-state index contributed by atoms with van der Waals surface area (Å²) < 4.78 is 38.6. The molecule has 9 rings (SSSR count). The molecule has 6 aliphatic rings. The number of aliphatic hydroxyl groups excluding tert-OH is 1. The van der Waals surface area contributed by atoms with E-state index in [1.165, 1.54) is 30.2 Å². The van der Waals surface area contributed by atoms with E-state index < -0.39 is 149 Å². The van der Waals surface area contributed by atoms with Crippen LogP contribution in [-0.2, 0) is 56.6 Å². The number of aliphatic hydroxyl groups is 1. The standard InChI is InChI=1S/C66H92N15O15P/c1-31-22-41-42(23-32(31)2)81(30-76-41)60-54(89)55(43(94-60)29-93-61(90)59-73-20-21-74-59)96-97(91,92)95-33(3)28-75-51(88)18-19-63(8)39(24-48(70)85)58-66(11)65(10,27-50(72)87)38(14-17-47(69)84)53(80-66)35(5)57-64(9,26-49(71)86)36(12-15-45(67)82)40(77-57)25-44-62(6,7)37(13-16-46(68)83)52(78-44)34(4)56(63)79-58/h20-23,25,30,33,36-39,43,54-55,58,60,77,89H,12-19,24,26-29H2,1-11H3,(H2,67,82)(H2,68,83)(H2,69,84)(H2,70,85)(H2,71,86)(H2,72,87)(H,73,74)(H,75,88)(H,91,92)/b40-25-,52-34-,57-35-/t33-,36-,37-,38-,39+,43-,54-,55-,58-,60+,63-,64+,65+,66+/m1/s1.